The van der Waals surface area contributed by atoms with Crippen molar-refractivity contribution in [2.45, 2.75) is 33.4 Å². The average molecular weight is 386 g/mol. The van der Waals surface area contributed by atoms with E-state index in [1.165, 1.54) is 17.8 Å². The minimum absolute atomic E-state index is 0.0234. The van der Waals surface area contributed by atoms with Gasteiger partial charge in [-0.25, -0.2) is 0 Å². The maximum atomic E-state index is 12.8. The molecule has 4 aromatic rings. The third-order valence-corrected chi connectivity index (χ3v) is 5.41. The van der Waals surface area contributed by atoms with Crippen LogP contribution in [0.1, 0.15) is 37.2 Å². The highest BCUT2D eigenvalue weighted by molar-refractivity contribution is 6.09. The maximum absolute atomic E-state index is 12.8. The van der Waals surface area contributed by atoms with Crippen molar-refractivity contribution in [2.24, 2.45) is 0 Å². The van der Waals surface area contributed by atoms with Gasteiger partial charge in [-0.05, 0) is 44.2 Å². The molecular weight excluding hydrogens is 362 g/mol. The lowest BCUT2D eigenvalue weighted by atomic mass is 10.1. The number of anilines is 1. The Bertz CT molecular complexity index is 1240. The first-order chi connectivity index (χ1) is 14.0. The first-order valence-electron chi connectivity index (χ1n) is 9.83. The number of aromatic nitrogens is 2. The second-order valence-electron chi connectivity index (χ2n) is 7.25. The normalized spacial score (nSPS) is 12.2. The Morgan fingerprint density at radius 1 is 1.03 bits per heavy atom. The van der Waals surface area contributed by atoms with E-state index in [0.29, 0.717) is 5.56 Å². The van der Waals surface area contributed by atoms with E-state index in [2.05, 4.69) is 35.0 Å². The molecule has 0 aliphatic carbocycles. The summed E-state index contributed by atoms with van der Waals surface area (Å²) in [6.45, 7) is 6.36. The molecule has 1 atom stereocenters. The molecule has 1 amide bonds. The molecule has 0 spiro atoms. The molecule has 5 heteroatoms. The van der Waals surface area contributed by atoms with Crippen molar-refractivity contribution in [3.8, 4) is 0 Å². The van der Waals surface area contributed by atoms with E-state index < -0.39 is 6.04 Å². The molecule has 0 saturated carbocycles. The van der Waals surface area contributed by atoms with Crippen LogP contribution in [0.15, 0.2) is 67.0 Å². The van der Waals surface area contributed by atoms with E-state index in [0.717, 1.165) is 23.1 Å². The van der Waals surface area contributed by atoms with E-state index in [9.17, 15) is 9.59 Å². The molecule has 1 N–H and O–H groups in total. The van der Waals surface area contributed by atoms with Gasteiger partial charge in [-0.3, -0.25) is 9.59 Å². The summed E-state index contributed by atoms with van der Waals surface area (Å²) in [6.07, 6.45) is 3.51. The third-order valence-electron chi connectivity index (χ3n) is 5.41. The van der Waals surface area contributed by atoms with Gasteiger partial charge in [0.2, 0.25) is 6.04 Å². The average Bonchev–Trinajstić information content (AvgIpc) is 3.06. The largest absolute Gasteiger partial charge is 0.341 e. The third kappa shape index (κ3) is 3.40. The van der Waals surface area contributed by atoms with E-state index in [1.54, 1.807) is 29.1 Å². The Labute approximate surface area is 169 Å². The van der Waals surface area contributed by atoms with Gasteiger partial charge >= 0.3 is 0 Å². The van der Waals surface area contributed by atoms with Gasteiger partial charge in [-0.1, -0.05) is 18.2 Å². The smallest absolute Gasteiger partial charge is 0.293 e. The number of carbonyl (C=O) groups excluding carboxylic acids is 2. The molecule has 0 saturated heterocycles. The number of ketones is 1. The Kier molecular flexibility index (Phi) is 4.89. The van der Waals surface area contributed by atoms with Gasteiger partial charge in [-0.15, -0.1) is 0 Å². The van der Waals surface area contributed by atoms with Crippen LogP contribution >= 0.6 is 0 Å². The monoisotopic (exact) mass is 386 g/mol. The number of benzene rings is 2. The lowest BCUT2D eigenvalue weighted by Gasteiger charge is -2.10. The number of pyridine rings is 1. The number of para-hydroxylation sites is 1. The number of hydrogen-bond acceptors (Lipinski definition) is 2. The molecule has 0 radical (unpaired) electrons. The second-order valence-corrected chi connectivity index (χ2v) is 7.25. The fraction of sp³-hybridized carbons (Fsp3) is 0.208. The molecule has 0 aliphatic rings. The van der Waals surface area contributed by atoms with Crippen molar-refractivity contribution in [2.75, 3.05) is 5.32 Å². The highest BCUT2D eigenvalue weighted by atomic mass is 16.2. The van der Waals surface area contributed by atoms with E-state index in [-0.39, 0.29) is 11.7 Å². The van der Waals surface area contributed by atoms with Crippen molar-refractivity contribution in [1.29, 1.82) is 0 Å². The van der Waals surface area contributed by atoms with Crippen LogP contribution in [0.4, 0.5) is 5.69 Å². The van der Waals surface area contributed by atoms with Crippen molar-refractivity contribution in [3.63, 3.8) is 0 Å². The van der Waals surface area contributed by atoms with Crippen LogP contribution in [0, 0.1) is 0 Å². The number of fused-ring (bicyclic) bond motifs is 3. The molecule has 2 aromatic carbocycles. The summed E-state index contributed by atoms with van der Waals surface area (Å²) in [7, 11) is 0. The van der Waals surface area contributed by atoms with E-state index in [1.807, 2.05) is 31.2 Å². The first-order valence-corrected chi connectivity index (χ1v) is 9.83. The minimum atomic E-state index is -0.443. The molecule has 146 valence electrons. The maximum Gasteiger partial charge on any atom is 0.293 e. The summed E-state index contributed by atoms with van der Waals surface area (Å²) in [6, 6.07) is 17.4. The molecule has 0 bridgehead atoms. The lowest BCUT2D eigenvalue weighted by molar-refractivity contribution is -0.705. The van der Waals surface area contributed by atoms with Crippen LogP contribution in [-0.2, 0) is 11.3 Å². The van der Waals surface area contributed by atoms with Crippen molar-refractivity contribution >= 4 is 39.2 Å². The Hall–Kier alpha value is -3.47. The molecule has 2 aromatic heterocycles. The number of Topliss-reactive ketones (excluding diaryl/α,β-unsaturated/α-hetero) is 1. The predicted octanol–water partition coefficient (Wildman–Crippen LogP) is 4.50. The van der Waals surface area contributed by atoms with Crippen LogP contribution in [0.25, 0.3) is 21.8 Å². The summed E-state index contributed by atoms with van der Waals surface area (Å²) in [5.41, 5.74) is 3.69. The van der Waals surface area contributed by atoms with E-state index in [4.69, 9.17) is 0 Å². The van der Waals surface area contributed by atoms with Gasteiger partial charge < -0.3 is 9.88 Å². The summed E-state index contributed by atoms with van der Waals surface area (Å²) in [4.78, 5) is 24.5. The zero-order valence-corrected chi connectivity index (χ0v) is 16.8. The second kappa shape index (κ2) is 7.51. The zero-order valence-electron chi connectivity index (χ0n) is 16.8. The number of nitrogens with zero attached hydrogens (tertiary/aromatic N) is 2. The van der Waals surface area contributed by atoms with Crippen molar-refractivity contribution in [3.05, 3.63) is 72.6 Å². The van der Waals surface area contributed by atoms with Crippen LogP contribution < -0.4 is 9.88 Å². The molecule has 0 unspecified atom stereocenters. The van der Waals surface area contributed by atoms with Gasteiger partial charge in [0.05, 0.1) is 5.56 Å². The van der Waals surface area contributed by atoms with Gasteiger partial charge in [0, 0.05) is 47.0 Å². The van der Waals surface area contributed by atoms with Gasteiger partial charge in [0.25, 0.3) is 5.91 Å². The highest BCUT2D eigenvalue weighted by Crippen LogP contribution is 2.31. The summed E-state index contributed by atoms with van der Waals surface area (Å²) in [5.74, 6) is -0.154. The molecule has 2 heterocycles. The Morgan fingerprint density at radius 2 is 1.79 bits per heavy atom. The zero-order chi connectivity index (χ0) is 20.5. The van der Waals surface area contributed by atoms with E-state index >= 15 is 0 Å². The number of aryl methyl sites for hydroxylation is 1. The standard InChI is InChI=1S/C24H23N3O2/c1-4-27-22-10-6-5-9-20(22)21-14-19(11-12-23(21)27)25-24(29)16(2)26-13-7-8-18(15-26)17(3)28/h5-16H,4H2,1-3H3/p+1/t16-/m0/s1. The van der Waals surface area contributed by atoms with Crippen molar-refractivity contribution < 1.29 is 14.2 Å². The fourth-order valence-electron chi connectivity index (χ4n) is 3.80. The highest BCUT2D eigenvalue weighted by Gasteiger charge is 2.23. The summed E-state index contributed by atoms with van der Waals surface area (Å²) >= 11 is 0. The lowest BCUT2D eigenvalue weighted by Crippen LogP contribution is -2.44. The molecule has 29 heavy (non-hydrogen) atoms. The SMILES string of the molecule is CCn1c2ccccc2c2cc(NC(=O)[C@H](C)[n+]3cccc(C(C)=O)c3)ccc21. The summed E-state index contributed by atoms with van der Waals surface area (Å²) < 4.78 is 4.04. The molecule has 5 nitrogen and oxygen atoms in total. The molecule has 0 aliphatic heterocycles. The Balaban J connectivity index is 1.65. The first kappa shape index (κ1) is 18.9. The molecular formula is C24H24N3O2+. The molecule has 0 fully saturated rings. The number of amides is 1. The summed E-state index contributed by atoms with van der Waals surface area (Å²) in [5, 5.41) is 5.32. The van der Waals surface area contributed by atoms with Crippen molar-refractivity contribution in [1.82, 2.24) is 4.57 Å². The van der Waals surface area contributed by atoms with Gasteiger partial charge in [-0.2, -0.15) is 4.57 Å². The fourth-order valence-corrected chi connectivity index (χ4v) is 3.80. The molecule has 4 rings (SSSR count). The van der Waals surface area contributed by atoms with Crippen LogP contribution in [-0.4, -0.2) is 16.3 Å². The quantitative estimate of drug-likeness (QED) is 0.405. The number of carbonyl (C=O) groups is 2. The van der Waals surface area contributed by atoms with Gasteiger partial charge in [0.15, 0.2) is 18.2 Å². The van der Waals surface area contributed by atoms with Gasteiger partial charge in [0.1, 0.15) is 0 Å². The van der Waals surface area contributed by atoms with Crippen LogP contribution in [0.2, 0.25) is 0 Å². The number of hydrogen-bond donors (Lipinski definition) is 1. The Morgan fingerprint density at radius 3 is 2.55 bits per heavy atom. The predicted molar refractivity (Wildman–Crippen MR) is 115 cm³/mol. The van der Waals surface area contributed by atoms with Crippen LogP contribution in [0.3, 0.4) is 0 Å². The topological polar surface area (TPSA) is 55.0 Å². The number of rotatable bonds is 5. The van der Waals surface area contributed by atoms with Crippen LogP contribution in [0.5, 0.6) is 0 Å². The number of nitrogens with one attached hydrogen (secondary N) is 1. The minimum Gasteiger partial charge on any atom is -0.341 e.